The molecule has 0 saturated carbocycles. The summed E-state index contributed by atoms with van der Waals surface area (Å²) in [5.74, 6) is 0.727. The fourth-order valence-electron chi connectivity index (χ4n) is 4.47. The molecule has 168 valence electrons. The highest BCUT2D eigenvalue weighted by Gasteiger charge is 2.20. The van der Waals surface area contributed by atoms with Gasteiger partial charge in [-0.15, -0.1) is 0 Å². The quantitative estimate of drug-likeness (QED) is 0.600. The highest BCUT2D eigenvalue weighted by Crippen LogP contribution is 2.29. The van der Waals surface area contributed by atoms with Crippen molar-refractivity contribution in [3.05, 3.63) is 47.3 Å². The van der Waals surface area contributed by atoms with Crippen LogP contribution in [0.3, 0.4) is 0 Å². The number of fused-ring (bicyclic) bond motifs is 2. The van der Waals surface area contributed by atoms with E-state index in [1.54, 1.807) is 7.11 Å². The Kier molecular flexibility index (Phi) is 6.05. The number of hydrogen-bond donors (Lipinski definition) is 1. The number of morpholine rings is 1. The molecule has 1 N–H and O–H groups in total. The number of benzene rings is 1. The van der Waals surface area contributed by atoms with E-state index in [9.17, 15) is 0 Å². The Balaban J connectivity index is 1.51. The van der Waals surface area contributed by atoms with Crippen LogP contribution >= 0.6 is 0 Å². The summed E-state index contributed by atoms with van der Waals surface area (Å²) in [5, 5.41) is 4.81. The lowest BCUT2D eigenvalue weighted by Crippen LogP contribution is -2.36. The number of ether oxygens (including phenoxy) is 2. The first-order chi connectivity index (χ1) is 15.7. The molecule has 0 bridgehead atoms. The van der Waals surface area contributed by atoms with Crippen molar-refractivity contribution in [2.24, 2.45) is 5.10 Å². The molecule has 0 amide bonds. The minimum atomic E-state index is 0.607. The Morgan fingerprint density at radius 2 is 2.06 bits per heavy atom. The van der Waals surface area contributed by atoms with E-state index < -0.39 is 0 Å². The molecule has 5 rings (SSSR count). The summed E-state index contributed by atoms with van der Waals surface area (Å²) < 4.78 is 12.9. The van der Waals surface area contributed by atoms with E-state index in [-0.39, 0.29) is 0 Å². The van der Waals surface area contributed by atoms with Crippen molar-refractivity contribution in [2.45, 2.75) is 32.7 Å². The van der Waals surface area contributed by atoms with Crippen LogP contribution < -0.4 is 10.3 Å². The van der Waals surface area contributed by atoms with Crippen LogP contribution in [-0.4, -0.2) is 60.3 Å². The number of hydrazone groups is 1. The van der Waals surface area contributed by atoms with Crippen molar-refractivity contribution in [2.75, 3.05) is 50.3 Å². The zero-order chi connectivity index (χ0) is 21.9. The fourth-order valence-corrected chi connectivity index (χ4v) is 4.47. The van der Waals surface area contributed by atoms with E-state index in [1.807, 2.05) is 10.9 Å². The molecule has 1 fully saturated rings. The Labute approximate surface area is 188 Å². The minimum absolute atomic E-state index is 0.607. The van der Waals surface area contributed by atoms with Gasteiger partial charge in [-0.1, -0.05) is 17.7 Å². The molecule has 32 heavy (non-hydrogen) atoms. The molecule has 1 aromatic carbocycles. The van der Waals surface area contributed by atoms with E-state index >= 15 is 0 Å². The van der Waals surface area contributed by atoms with Crippen LogP contribution in [0, 0.1) is 6.92 Å². The fraction of sp³-hybridized carbons (Fsp3) is 0.458. The molecule has 0 spiro atoms. The van der Waals surface area contributed by atoms with Crippen molar-refractivity contribution in [3.8, 4) is 0 Å². The van der Waals surface area contributed by atoms with Gasteiger partial charge >= 0.3 is 0 Å². The normalized spacial score (nSPS) is 17.7. The third kappa shape index (κ3) is 4.20. The molecule has 8 heteroatoms. The largest absolute Gasteiger partial charge is 0.383 e. The van der Waals surface area contributed by atoms with Crippen LogP contribution in [0.25, 0.3) is 11.2 Å². The number of hydrogen-bond acceptors (Lipinski definition) is 7. The lowest BCUT2D eigenvalue weighted by molar-refractivity contribution is 0.123. The summed E-state index contributed by atoms with van der Waals surface area (Å²) in [5.41, 5.74) is 11.1. The smallest absolute Gasteiger partial charge is 0.164 e. The maximum Gasteiger partial charge on any atom is 0.164 e. The number of pyridine rings is 1. The van der Waals surface area contributed by atoms with Gasteiger partial charge in [-0.25, -0.2) is 9.97 Å². The summed E-state index contributed by atoms with van der Waals surface area (Å²) >= 11 is 0. The second-order valence-corrected chi connectivity index (χ2v) is 8.41. The lowest BCUT2D eigenvalue weighted by Gasteiger charge is -2.29. The average Bonchev–Trinajstić information content (AvgIpc) is 3.24. The van der Waals surface area contributed by atoms with Crippen LogP contribution in [0.5, 0.6) is 0 Å². The number of aryl methyl sites for hydroxylation is 2. The number of nitrogens with one attached hydrogen (secondary N) is 1. The molecular weight excluding hydrogens is 404 g/mol. The van der Waals surface area contributed by atoms with Gasteiger partial charge in [0.25, 0.3) is 0 Å². The maximum atomic E-state index is 5.55. The van der Waals surface area contributed by atoms with Gasteiger partial charge in [-0.05, 0) is 37.8 Å². The third-order valence-corrected chi connectivity index (χ3v) is 6.18. The molecule has 3 aromatic rings. The van der Waals surface area contributed by atoms with Crippen LogP contribution in [0.4, 0.5) is 11.5 Å². The number of rotatable bonds is 6. The van der Waals surface area contributed by atoms with Gasteiger partial charge in [0.05, 0.1) is 37.5 Å². The Bertz CT molecular complexity index is 1130. The topological polar surface area (TPSA) is 76.8 Å². The van der Waals surface area contributed by atoms with Gasteiger partial charge in [-0.3, -0.25) is 5.43 Å². The molecule has 1 saturated heterocycles. The van der Waals surface area contributed by atoms with E-state index in [2.05, 4.69) is 46.5 Å². The number of anilines is 2. The van der Waals surface area contributed by atoms with Crippen molar-refractivity contribution in [3.63, 3.8) is 0 Å². The van der Waals surface area contributed by atoms with Crippen molar-refractivity contribution in [1.29, 1.82) is 0 Å². The molecule has 0 atom stereocenters. The highest BCUT2D eigenvalue weighted by atomic mass is 16.5. The van der Waals surface area contributed by atoms with Crippen molar-refractivity contribution in [1.82, 2.24) is 14.5 Å². The number of imidazole rings is 1. The van der Waals surface area contributed by atoms with Gasteiger partial charge in [0, 0.05) is 38.4 Å². The summed E-state index contributed by atoms with van der Waals surface area (Å²) in [7, 11) is 1.71. The van der Waals surface area contributed by atoms with E-state index in [4.69, 9.17) is 19.6 Å². The second kappa shape index (κ2) is 9.26. The second-order valence-electron chi connectivity index (χ2n) is 8.41. The predicted octanol–water partition coefficient (Wildman–Crippen LogP) is 3.38. The molecule has 1 aliphatic heterocycles. The molecule has 1 aliphatic carbocycles. The van der Waals surface area contributed by atoms with E-state index in [0.29, 0.717) is 13.2 Å². The maximum absolute atomic E-state index is 5.55. The van der Waals surface area contributed by atoms with Crippen LogP contribution in [-0.2, 0) is 22.4 Å². The zero-order valence-corrected chi connectivity index (χ0v) is 18.8. The van der Waals surface area contributed by atoms with Crippen molar-refractivity contribution >= 4 is 28.4 Å². The molecule has 0 radical (unpaired) electrons. The van der Waals surface area contributed by atoms with E-state index in [1.165, 1.54) is 16.7 Å². The SMILES string of the molecule is COCCn1cnc2c(N3CCOCC3)cc(N/N=C3\CCCc4ccc(C)cc43)nc21. The predicted molar refractivity (Wildman–Crippen MR) is 127 cm³/mol. The highest BCUT2D eigenvalue weighted by molar-refractivity contribution is 6.03. The van der Waals surface area contributed by atoms with Gasteiger partial charge in [0.1, 0.15) is 5.52 Å². The van der Waals surface area contributed by atoms with Gasteiger partial charge in [0.2, 0.25) is 0 Å². The lowest BCUT2D eigenvalue weighted by atomic mass is 9.89. The first kappa shape index (κ1) is 20.9. The Hall–Kier alpha value is -2.97. The average molecular weight is 435 g/mol. The monoisotopic (exact) mass is 434 g/mol. The van der Waals surface area contributed by atoms with Crippen molar-refractivity contribution < 1.29 is 9.47 Å². The van der Waals surface area contributed by atoms with Gasteiger partial charge in [-0.2, -0.15) is 5.10 Å². The third-order valence-electron chi connectivity index (χ3n) is 6.18. The first-order valence-corrected chi connectivity index (χ1v) is 11.3. The Morgan fingerprint density at radius 3 is 2.91 bits per heavy atom. The van der Waals surface area contributed by atoms with Gasteiger partial charge in [0.15, 0.2) is 11.5 Å². The first-order valence-electron chi connectivity index (χ1n) is 11.3. The van der Waals surface area contributed by atoms with Crippen LogP contribution in [0.1, 0.15) is 29.5 Å². The molecule has 2 aliphatic rings. The molecular formula is C24H30N6O2. The zero-order valence-electron chi connectivity index (χ0n) is 18.8. The number of nitrogens with zero attached hydrogens (tertiary/aromatic N) is 5. The minimum Gasteiger partial charge on any atom is -0.383 e. The van der Waals surface area contributed by atoms with Crippen LogP contribution in [0.2, 0.25) is 0 Å². The molecule has 0 unspecified atom stereocenters. The molecule has 3 heterocycles. The van der Waals surface area contributed by atoms with Gasteiger partial charge < -0.3 is 18.9 Å². The standard InChI is InChI=1S/C24H30N6O2/c1-17-6-7-18-4-3-5-20(19(18)14-17)27-28-22-15-21(29-9-12-32-13-10-29)23-24(26-22)30(16-25-23)8-11-31-2/h6-7,14-16H,3-5,8-13H2,1-2H3,(H,26,28)/b27-20+. The van der Waals surface area contributed by atoms with E-state index in [0.717, 1.165) is 73.9 Å². The number of methoxy groups -OCH3 is 1. The Morgan fingerprint density at radius 1 is 1.19 bits per heavy atom. The summed E-state index contributed by atoms with van der Waals surface area (Å²) in [6, 6.07) is 8.71. The van der Waals surface area contributed by atoms with Crippen LogP contribution in [0.15, 0.2) is 35.7 Å². The molecule has 8 nitrogen and oxygen atoms in total. The molecule has 2 aromatic heterocycles. The summed E-state index contributed by atoms with van der Waals surface area (Å²) in [6.45, 7) is 6.55. The number of aromatic nitrogens is 3. The summed E-state index contributed by atoms with van der Waals surface area (Å²) in [6.07, 6.45) is 5.04. The summed E-state index contributed by atoms with van der Waals surface area (Å²) in [4.78, 5) is 11.9.